The van der Waals surface area contributed by atoms with Gasteiger partial charge in [0.1, 0.15) is 11.4 Å². The SMILES string of the molecule is CC(=O)N1CCC[C@H](Nc2ncc(C(F)(F)F)c(NC3C(C(=O)NC#N)[C@H]4C=C[C@@H]3C4)n2)C1. The first kappa shape index (κ1) is 22.8. The lowest BCUT2D eigenvalue weighted by atomic mass is 9.88. The second kappa shape index (κ2) is 8.88. The van der Waals surface area contributed by atoms with Crippen molar-refractivity contribution in [3.05, 3.63) is 23.9 Å². The summed E-state index contributed by atoms with van der Waals surface area (Å²) in [6.07, 6.45) is 3.46. The van der Waals surface area contributed by atoms with Crippen LogP contribution < -0.4 is 16.0 Å². The molecule has 0 aromatic carbocycles. The Kier molecular flexibility index (Phi) is 6.14. The number of fused-ring (bicyclic) bond motifs is 2. The lowest BCUT2D eigenvalue weighted by Crippen LogP contribution is -2.44. The number of aromatic nitrogens is 2. The third kappa shape index (κ3) is 4.72. The largest absolute Gasteiger partial charge is 0.421 e. The van der Waals surface area contributed by atoms with Crippen molar-refractivity contribution >= 4 is 23.6 Å². The summed E-state index contributed by atoms with van der Waals surface area (Å²) in [7, 11) is 0. The van der Waals surface area contributed by atoms with Gasteiger partial charge in [-0.3, -0.25) is 14.9 Å². The molecule has 3 N–H and O–H groups in total. The van der Waals surface area contributed by atoms with Crippen molar-refractivity contribution in [1.29, 1.82) is 5.26 Å². The third-order valence-corrected chi connectivity index (χ3v) is 6.54. The molecule has 2 heterocycles. The molecule has 1 saturated heterocycles. The number of carbonyl (C=O) groups excluding carboxylic acids is 2. The predicted octanol–water partition coefficient (Wildman–Crippen LogP) is 2.12. The van der Waals surface area contributed by atoms with Gasteiger partial charge in [0, 0.05) is 38.3 Å². The fraction of sp³-hybridized carbons (Fsp3) is 0.571. The van der Waals surface area contributed by atoms with Crippen molar-refractivity contribution in [3.63, 3.8) is 0 Å². The number of nitriles is 1. The van der Waals surface area contributed by atoms with Gasteiger partial charge >= 0.3 is 6.18 Å². The normalized spacial score (nSPS) is 28.3. The highest BCUT2D eigenvalue weighted by atomic mass is 19.4. The summed E-state index contributed by atoms with van der Waals surface area (Å²) in [4.78, 5) is 33.7. The van der Waals surface area contributed by atoms with Gasteiger partial charge < -0.3 is 15.5 Å². The van der Waals surface area contributed by atoms with Crippen LogP contribution in [-0.2, 0) is 15.8 Å². The third-order valence-electron chi connectivity index (χ3n) is 6.54. The van der Waals surface area contributed by atoms with E-state index in [1.807, 2.05) is 12.2 Å². The number of rotatable bonds is 5. The molecule has 2 unspecified atom stereocenters. The van der Waals surface area contributed by atoms with Gasteiger partial charge in [-0.15, -0.1) is 0 Å². The number of likely N-dealkylation sites (tertiary alicyclic amines) is 1. The molecule has 33 heavy (non-hydrogen) atoms. The Morgan fingerprint density at radius 3 is 2.70 bits per heavy atom. The van der Waals surface area contributed by atoms with Crippen molar-refractivity contribution in [2.75, 3.05) is 23.7 Å². The van der Waals surface area contributed by atoms with E-state index in [1.165, 1.54) is 6.92 Å². The molecular formula is C21H24F3N7O2. The Bertz CT molecular complexity index is 1010. The number of hydrogen-bond donors (Lipinski definition) is 3. The number of allylic oxidation sites excluding steroid dienone is 1. The van der Waals surface area contributed by atoms with Crippen LogP contribution in [0.2, 0.25) is 0 Å². The number of halogens is 3. The van der Waals surface area contributed by atoms with E-state index in [-0.39, 0.29) is 29.7 Å². The van der Waals surface area contributed by atoms with Crippen LogP contribution in [0.3, 0.4) is 0 Å². The highest BCUT2D eigenvalue weighted by molar-refractivity contribution is 5.82. The van der Waals surface area contributed by atoms with Crippen LogP contribution in [0.4, 0.5) is 24.9 Å². The number of nitrogens with one attached hydrogen (secondary N) is 3. The van der Waals surface area contributed by atoms with Crippen LogP contribution in [0.15, 0.2) is 18.3 Å². The van der Waals surface area contributed by atoms with Crippen molar-refractivity contribution in [3.8, 4) is 6.19 Å². The molecule has 2 aliphatic carbocycles. The summed E-state index contributed by atoms with van der Waals surface area (Å²) in [6.45, 7) is 2.52. The number of hydrogen-bond acceptors (Lipinski definition) is 7. The quantitative estimate of drug-likeness (QED) is 0.347. The number of amides is 2. The predicted molar refractivity (Wildman–Crippen MR) is 111 cm³/mol. The van der Waals surface area contributed by atoms with Gasteiger partial charge in [0.25, 0.3) is 0 Å². The van der Waals surface area contributed by atoms with Crippen molar-refractivity contribution in [2.24, 2.45) is 17.8 Å². The standard InChI is InChI=1S/C21H24F3N7O2/c1-11(32)31-6-2-3-14(9-31)28-20-26-8-15(21(22,23)24)18(30-20)29-17-13-5-4-12(7-13)16(17)19(33)27-10-25/h4-5,8,12-14,16-17H,2-3,6-7,9H2,1H3,(H,27,33)(H2,26,28,29,30)/t12-,13+,14-,16?,17?/m0/s1. The fourth-order valence-corrected chi connectivity index (χ4v) is 5.01. The summed E-state index contributed by atoms with van der Waals surface area (Å²) >= 11 is 0. The molecule has 2 bridgehead atoms. The van der Waals surface area contributed by atoms with E-state index < -0.39 is 35.4 Å². The van der Waals surface area contributed by atoms with Gasteiger partial charge in [-0.05, 0) is 31.1 Å². The minimum absolute atomic E-state index is 0.0117. The molecule has 1 saturated carbocycles. The Morgan fingerprint density at radius 2 is 2.00 bits per heavy atom. The molecule has 4 rings (SSSR count). The van der Waals surface area contributed by atoms with Gasteiger partial charge in [0.05, 0.1) is 5.92 Å². The van der Waals surface area contributed by atoms with Gasteiger partial charge in [-0.1, -0.05) is 12.2 Å². The maximum atomic E-state index is 13.7. The minimum Gasteiger partial charge on any atom is -0.365 e. The first-order valence-corrected chi connectivity index (χ1v) is 10.8. The van der Waals surface area contributed by atoms with E-state index in [1.54, 1.807) is 11.1 Å². The Labute approximate surface area is 188 Å². The molecule has 2 fully saturated rings. The second-order valence-electron chi connectivity index (χ2n) is 8.65. The highest BCUT2D eigenvalue weighted by Gasteiger charge is 2.49. The maximum Gasteiger partial charge on any atom is 0.421 e. The zero-order valence-corrected chi connectivity index (χ0v) is 17.9. The first-order valence-electron chi connectivity index (χ1n) is 10.8. The summed E-state index contributed by atoms with van der Waals surface area (Å²) < 4.78 is 41.1. The Morgan fingerprint density at radius 1 is 1.24 bits per heavy atom. The van der Waals surface area contributed by atoms with Crippen LogP contribution in [0, 0.1) is 29.2 Å². The average molecular weight is 463 g/mol. The van der Waals surface area contributed by atoms with Crippen LogP contribution >= 0.6 is 0 Å². The van der Waals surface area contributed by atoms with Crippen molar-refractivity contribution in [1.82, 2.24) is 20.2 Å². The molecule has 5 atom stereocenters. The number of nitrogens with zero attached hydrogens (tertiary/aromatic N) is 4. The van der Waals surface area contributed by atoms with Gasteiger partial charge in [0.15, 0.2) is 6.19 Å². The lowest BCUT2D eigenvalue weighted by Gasteiger charge is -2.32. The lowest BCUT2D eigenvalue weighted by molar-refractivity contribution is -0.137. The first-order chi connectivity index (χ1) is 15.7. The summed E-state index contributed by atoms with van der Waals surface area (Å²) in [5, 5.41) is 16.8. The smallest absolute Gasteiger partial charge is 0.365 e. The van der Waals surface area contributed by atoms with E-state index in [0.717, 1.165) is 19.0 Å². The minimum atomic E-state index is -4.70. The molecule has 2 amide bonds. The van der Waals surface area contributed by atoms with E-state index >= 15 is 0 Å². The van der Waals surface area contributed by atoms with E-state index in [0.29, 0.717) is 19.5 Å². The van der Waals surface area contributed by atoms with Gasteiger partial charge in [0.2, 0.25) is 17.8 Å². The molecule has 3 aliphatic rings. The average Bonchev–Trinajstić information content (AvgIpc) is 3.35. The van der Waals surface area contributed by atoms with Crippen LogP contribution in [-0.4, -0.2) is 51.9 Å². The molecule has 1 aromatic heterocycles. The van der Waals surface area contributed by atoms with Crippen molar-refractivity contribution in [2.45, 2.75) is 44.4 Å². The Hall–Kier alpha value is -3.36. The van der Waals surface area contributed by atoms with Gasteiger partial charge in [-0.2, -0.15) is 23.4 Å². The maximum absolute atomic E-state index is 13.7. The topological polar surface area (TPSA) is 123 Å². The number of alkyl halides is 3. The summed E-state index contributed by atoms with van der Waals surface area (Å²) in [5.74, 6) is -2.00. The van der Waals surface area contributed by atoms with Crippen molar-refractivity contribution < 1.29 is 22.8 Å². The fourth-order valence-electron chi connectivity index (χ4n) is 5.01. The van der Waals surface area contributed by atoms with Crippen LogP contribution in [0.1, 0.15) is 31.7 Å². The van der Waals surface area contributed by atoms with Gasteiger partial charge in [-0.25, -0.2) is 4.98 Å². The molecule has 1 aliphatic heterocycles. The van der Waals surface area contributed by atoms with Crippen LogP contribution in [0.5, 0.6) is 0 Å². The summed E-state index contributed by atoms with van der Waals surface area (Å²) in [5.41, 5.74) is -1.03. The molecule has 12 heteroatoms. The molecule has 0 spiro atoms. The Balaban J connectivity index is 1.58. The zero-order chi connectivity index (χ0) is 23.8. The number of carbonyl (C=O) groups is 2. The number of piperidine rings is 1. The molecule has 1 aromatic rings. The molecule has 9 nitrogen and oxygen atoms in total. The molecule has 176 valence electrons. The van der Waals surface area contributed by atoms with E-state index in [4.69, 9.17) is 5.26 Å². The van der Waals surface area contributed by atoms with Crippen LogP contribution in [0.25, 0.3) is 0 Å². The number of anilines is 2. The highest BCUT2D eigenvalue weighted by Crippen LogP contribution is 2.46. The monoisotopic (exact) mass is 463 g/mol. The van der Waals surface area contributed by atoms with E-state index in [9.17, 15) is 22.8 Å². The molecule has 0 radical (unpaired) electrons. The zero-order valence-electron chi connectivity index (χ0n) is 17.9. The summed E-state index contributed by atoms with van der Waals surface area (Å²) in [6, 6.07) is -0.827. The van der Waals surface area contributed by atoms with E-state index in [2.05, 4.69) is 25.9 Å². The molecular weight excluding hydrogens is 439 g/mol. The second-order valence-corrected chi connectivity index (χ2v) is 8.65.